The van der Waals surface area contributed by atoms with Crippen molar-refractivity contribution in [1.29, 1.82) is 0 Å². The molecule has 1 aromatic heterocycles. The van der Waals surface area contributed by atoms with Crippen LogP contribution in [0.15, 0.2) is 34.2 Å². The maximum atomic E-state index is 12.2. The molecule has 2 aromatic rings. The Kier molecular flexibility index (Phi) is 5.92. The SMILES string of the molecule is O=c1[nH]nc(SCc2cccc(OCC(F)(F)F)c2)n1CC1CCCO1. The van der Waals surface area contributed by atoms with Gasteiger partial charge in [-0.3, -0.25) is 4.57 Å². The van der Waals surface area contributed by atoms with Gasteiger partial charge in [-0.1, -0.05) is 23.9 Å². The van der Waals surface area contributed by atoms with Crippen molar-refractivity contribution in [2.75, 3.05) is 13.2 Å². The minimum Gasteiger partial charge on any atom is -0.484 e. The maximum absolute atomic E-state index is 12.2. The van der Waals surface area contributed by atoms with Gasteiger partial charge in [-0.25, -0.2) is 9.89 Å². The van der Waals surface area contributed by atoms with Gasteiger partial charge in [-0.05, 0) is 30.5 Å². The van der Waals surface area contributed by atoms with Crippen LogP contribution in [0.25, 0.3) is 0 Å². The van der Waals surface area contributed by atoms with Crippen LogP contribution in [0.5, 0.6) is 5.75 Å². The van der Waals surface area contributed by atoms with Crippen LogP contribution in [-0.2, 0) is 17.0 Å². The van der Waals surface area contributed by atoms with Crippen molar-refractivity contribution in [2.45, 2.75) is 42.6 Å². The Morgan fingerprint density at radius 2 is 2.27 bits per heavy atom. The lowest BCUT2D eigenvalue weighted by Crippen LogP contribution is -2.24. The fourth-order valence-electron chi connectivity index (χ4n) is 2.60. The molecule has 0 bridgehead atoms. The maximum Gasteiger partial charge on any atom is 0.422 e. The Labute approximate surface area is 151 Å². The molecule has 0 saturated carbocycles. The third-order valence-corrected chi connectivity index (χ3v) is 4.85. The third kappa shape index (κ3) is 5.28. The number of hydrogen-bond donors (Lipinski definition) is 1. The summed E-state index contributed by atoms with van der Waals surface area (Å²) in [5, 5.41) is 6.96. The van der Waals surface area contributed by atoms with E-state index in [9.17, 15) is 18.0 Å². The zero-order valence-corrected chi connectivity index (χ0v) is 14.6. The quantitative estimate of drug-likeness (QED) is 0.738. The molecule has 0 amide bonds. The van der Waals surface area contributed by atoms with Crippen LogP contribution in [0.2, 0.25) is 0 Å². The number of benzene rings is 1. The van der Waals surface area contributed by atoms with E-state index in [0.29, 0.717) is 24.1 Å². The summed E-state index contributed by atoms with van der Waals surface area (Å²) in [6.07, 6.45) is -2.49. The number of aromatic amines is 1. The molecule has 26 heavy (non-hydrogen) atoms. The Morgan fingerprint density at radius 1 is 1.42 bits per heavy atom. The van der Waals surface area contributed by atoms with E-state index in [1.165, 1.54) is 22.4 Å². The number of aromatic nitrogens is 3. The van der Waals surface area contributed by atoms with Crippen molar-refractivity contribution in [2.24, 2.45) is 0 Å². The topological polar surface area (TPSA) is 69.1 Å². The van der Waals surface area contributed by atoms with E-state index in [-0.39, 0.29) is 17.5 Å². The zero-order chi connectivity index (χ0) is 18.6. The predicted octanol–water partition coefficient (Wildman–Crippen LogP) is 2.98. The highest BCUT2D eigenvalue weighted by atomic mass is 32.2. The molecule has 0 radical (unpaired) electrons. The number of alkyl halides is 3. The molecular weight excluding hydrogens is 371 g/mol. The van der Waals surface area contributed by atoms with Gasteiger partial charge in [0, 0.05) is 12.4 Å². The number of thioether (sulfide) groups is 1. The molecule has 2 heterocycles. The number of nitrogens with zero attached hydrogens (tertiary/aromatic N) is 2. The van der Waals surface area contributed by atoms with Crippen LogP contribution >= 0.6 is 11.8 Å². The van der Waals surface area contributed by atoms with E-state index in [1.807, 2.05) is 0 Å². The van der Waals surface area contributed by atoms with Crippen molar-refractivity contribution < 1.29 is 22.6 Å². The van der Waals surface area contributed by atoms with Crippen LogP contribution < -0.4 is 10.4 Å². The summed E-state index contributed by atoms with van der Waals surface area (Å²) >= 11 is 1.32. The number of nitrogens with one attached hydrogen (secondary N) is 1. The smallest absolute Gasteiger partial charge is 0.422 e. The Bertz CT molecular complexity index is 785. The second-order valence-corrected chi connectivity index (χ2v) is 6.84. The van der Waals surface area contributed by atoms with Crippen molar-refractivity contribution >= 4 is 11.8 Å². The molecule has 10 heteroatoms. The van der Waals surface area contributed by atoms with Gasteiger partial charge in [0.2, 0.25) is 0 Å². The molecule has 3 rings (SSSR count). The van der Waals surface area contributed by atoms with Gasteiger partial charge in [0.1, 0.15) is 5.75 Å². The Morgan fingerprint density at radius 3 is 3.00 bits per heavy atom. The summed E-state index contributed by atoms with van der Waals surface area (Å²) in [5.74, 6) is 0.596. The fourth-order valence-corrected chi connectivity index (χ4v) is 3.50. The second kappa shape index (κ2) is 8.17. The molecule has 1 N–H and O–H groups in total. The van der Waals surface area contributed by atoms with Crippen LogP contribution in [0.1, 0.15) is 18.4 Å². The lowest BCUT2D eigenvalue weighted by molar-refractivity contribution is -0.153. The summed E-state index contributed by atoms with van der Waals surface area (Å²) in [6, 6.07) is 6.43. The molecule has 0 aliphatic carbocycles. The van der Waals surface area contributed by atoms with Crippen LogP contribution in [0, 0.1) is 0 Å². The van der Waals surface area contributed by atoms with Crippen molar-refractivity contribution in [3.63, 3.8) is 0 Å². The van der Waals surface area contributed by atoms with E-state index >= 15 is 0 Å². The fraction of sp³-hybridized carbons (Fsp3) is 0.500. The van der Waals surface area contributed by atoms with E-state index in [4.69, 9.17) is 9.47 Å². The number of rotatable bonds is 7. The van der Waals surface area contributed by atoms with E-state index < -0.39 is 12.8 Å². The van der Waals surface area contributed by atoms with E-state index in [0.717, 1.165) is 18.4 Å². The standard InChI is InChI=1S/C16H18F3N3O3S/c17-16(18,19)10-25-12-4-1-3-11(7-12)9-26-15-21-20-14(23)22(15)8-13-5-2-6-24-13/h1,3-4,7,13H,2,5-6,8-10H2,(H,20,23). The van der Waals surface area contributed by atoms with Crippen molar-refractivity contribution in [3.05, 3.63) is 40.3 Å². The number of H-pyrrole nitrogens is 1. The van der Waals surface area contributed by atoms with Crippen molar-refractivity contribution in [1.82, 2.24) is 14.8 Å². The van der Waals surface area contributed by atoms with Gasteiger partial charge in [0.25, 0.3) is 0 Å². The molecule has 6 nitrogen and oxygen atoms in total. The van der Waals surface area contributed by atoms with Crippen LogP contribution in [-0.4, -0.2) is 40.3 Å². The molecule has 1 aliphatic heterocycles. The first-order chi connectivity index (χ1) is 12.4. The van der Waals surface area contributed by atoms with Gasteiger partial charge >= 0.3 is 11.9 Å². The van der Waals surface area contributed by atoms with Crippen molar-refractivity contribution in [3.8, 4) is 5.75 Å². The Hall–Kier alpha value is -1.94. The number of hydrogen-bond acceptors (Lipinski definition) is 5. The Balaban J connectivity index is 1.61. The van der Waals surface area contributed by atoms with Gasteiger partial charge in [0.15, 0.2) is 11.8 Å². The van der Waals surface area contributed by atoms with Gasteiger partial charge in [-0.2, -0.15) is 13.2 Å². The molecule has 1 aromatic carbocycles. The number of halogens is 3. The highest BCUT2D eigenvalue weighted by Gasteiger charge is 2.28. The molecule has 142 valence electrons. The van der Waals surface area contributed by atoms with Gasteiger partial charge < -0.3 is 9.47 Å². The predicted molar refractivity (Wildman–Crippen MR) is 89.4 cm³/mol. The van der Waals surface area contributed by atoms with Gasteiger partial charge in [-0.15, -0.1) is 5.10 Å². The summed E-state index contributed by atoms with van der Waals surface area (Å²) in [4.78, 5) is 11.9. The largest absolute Gasteiger partial charge is 0.484 e. The molecule has 0 spiro atoms. The van der Waals surface area contributed by atoms with Crippen LogP contribution in [0.3, 0.4) is 0 Å². The molecule has 1 aliphatic rings. The summed E-state index contributed by atoms with van der Waals surface area (Å²) in [7, 11) is 0. The highest BCUT2D eigenvalue weighted by Crippen LogP contribution is 2.25. The molecule has 1 atom stereocenters. The normalized spacial score (nSPS) is 17.6. The average molecular weight is 389 g/mol. The second-order valence-electron chi connectivity index (χ2n) is 5.90. The third-order valence-electron chi connectivity index (χ3n) is 3.80. The molecular formula is C16H18F3N3O3S. The minimum atomic E-state index is -4.38. The zero-order valence-electron chi connectivity index (χ0n) is 13.8. The monoisotopic (exact) mass is 389 g/mol. The van der Waals surface area contributed by atoms with E-state index in [1.54, 1.807) is 18.2 Å². The first-order valence-corrected chi connectivity index (χ1v) is 9.07. The summed E-state index contributed by atoms with van der Waals surface area (Å²) in [6.45, 7) is -0.194. The average Bonchev–Trinajstić information content (AvgIpc) is 3.23. The summed E-state index contributed by atoms with van der Waals surface area (Å²) < 4.78 is 48.6. The lowest BCUT2D eigenvalue weighted by atomic mass is 10.2. The lowest BCUT2D eigenvalue weighted by Gasteiger charge is -2.11. The van der Waals surface area contributed by atoms with E-state index in [2.05, 4.69) is 10.2 Å². The van der Waals surface area contributed by atoms with Gasteiger partial charge in [0.05, 0.1) is 12.6 Å². The molecule has 1 saturated heterocycles. The molecule has 1 unspecified atom stereocenters. The number of ether oxygens (including phenoxy) is 2. The van der Waals surface area contributed by atoms with Crippen LogP contribution in [0.4, 0.5) is 13.2 Å². The first-order valence-electron chi connectivity index (χ1n) is 8.09. The summed E-state index contributed by atoms with van der Waals surface area (Å²) in [5.41, 5.74) is 0.471. The molecule has 1 fully saturated rings. The highest BCUT2D eigenvalue weighted by molar-refractivity contribution is 7.98. The minimum absolute atomic E-state index is 0.00347. The first kappa shape index (κ1) is 18.8.